The number of amides is 1. The zero-order valence-electron chi connectivity index (χ0n) is 10.1. The van der Waals surface area contributed by atoms with Gasteiger partial charge in [-0.2, -0.15) is 5.10 Å². The van der Waals surface area contributed by atoms with Gasteiger partial charge in [0.2, 0.25) is 0 Å². The van der Waals surface area contributed by atoms with Gasteiger partial charge in [0, 0.05) is 13.2 Å². The van der Waals surface area contributed by atoms with Crippen LogP contribution >= 0.6 is 11.6 Å². The van der Waals surface area contributed by atoms with E-state index in [1.165, 1.54) is 0 Å². The third-order valence-electron chi connectivity index (χ3n) is 2.52. The molecular weight excluding hydrogens is 252 g/mol. The van der Waals surface area contributed by atoms with Crippen LogP contribution < -0.4 is 5.32 Å². The molecule has 0 bridgehead atoms. The van der Waals surface area contributed by atoms with Crippen molar-refractivity contribution in [1.29, 1.82) is 0 Å². The van der Waals surface area contributed by atoms with Gasteiger partial charge in [-0.05, 0) is 24.6 Å². The maximum atomic E-state index is 12.0. The highest BCUT2D eigenvalue weighted by Crippen LogP contribution is 2.18. The highest BCUT2D eigenvalue weighted by Gasteiger charge is 2.14. The molecule has 94 valence electrons. The molecule has 0 aliphatic heterocycles. The average Bonchev–Trinajstić information content (AvgIpc) is 2.73. The van der Waals surface area contributed by atoms with Crippen LogP contribution in [0, 0.1) is 0 Å². The van der Waals surface area contributed by atoms with Crippen LogP contribution in [0.1, 0.15) is 23.1 Å². The van der Waals surface area contributed by atoms with Crippen LogP contribution in [0.2, 0.25) is 5.02 Å². The second-order valence-corrected chi connectivity index (χ2v) is 4.19. The Hall–Kier alpha value is -1.88. The normalized spacial score (nSPS) is 10.4. The van der Waals surface area contributed by atoms with Gasteiger partial charge in [-0.15, -0.1) is 0 Å². The summed E-state index contributed by atoms with van der Waals surface area (Å²) >= 11 is 5.93. The summed E-state index contributed by atoms with van der Waals surface area (Å²) in [4.78, 5) is 16.1. The van der Waals surface area contributed by atoms with Crippen molar-refractivity contribution < 1.29 is 4.79 Å². The van der Waals surface area contributed by atoms with Gasteiger partial charge in [0.1, 0.15) is 5.69 Å². The third kappa shape index (κ3) is 2.51. The molecule has 0 atom stereocenters. The molecule has 0 saturated heterocycles. The van der Waals surface area contributed by atoms with E-state index in [0.29, 0.717) is 16.5 Å². The minimum absolute atomic E-state index is 0.273. The molecule has 0 aromatic carbocycles. The highest BCUT2D eigenvalue weighted by atomic mass is 35.5. The number of hydrogen-bond donors (Lipinski definition) is 1. The molecule has 0 unspecified atom stereocenters. The summed E-state index contributed by atoms with van der Waals surface area (Å²) in [5.74, 6) is 0.0775. The number of carbonyl (C=O) groups excluding carboxylic acids is 1. The lowest BCUT2D eigenvalue weighted by atomic mass is 10.3. The summed E-state index contributed by atoms with van der Waals surface area (Å²) in [6.07, 6.45) is 2.35. The number of aryl methyl sites for hydroxylation is 2. The van der Waals surface area contributed by atoms with Crippen LogP contribution in [0.25, 0.3) is 0 Å². The zero-order chi connectivity index (χ0) is 13.1. The van der Waals surface area contributed by atoms with Crippen molar-refractivity contribution in [2.75, 3.05) is 5.32 Å². The number of nitrogens with zero attached hydrogens (tertiary/aromatic N) is 3. The van der Waals surface area contributed by atoms with Crippen LogP contribution in [0.5, 0.6) is 0 Å². The Bertz CT molecular complexity index is 579. The largest absolute Gasteiger partial charge is 0.304 e. The topological polar surface area (TPSA) is 59.8 Å². The molecule has 2 aromatic heterocycles. The standard InChI is InChI=1S/C12H13ClN4O/c1-3-8-7-10(17(2)16-8)12(18)15-11-9(13)5-4-6-14-11/h4-7H,3H2,1-2H3,(H,14,15,18). The van der Waals surface area contributed by atoms with Gasteiger partial charge in [0.05, 0.1) is 10.7 Å². The maximum absolute atomic E-state index is 12.0. The molecule has 2 aromatic rings. The van der Waals surface area contributed by atoms with Crippen LogP contribution in [-0.2, 0) is 13.5 Å². The van der Waals surface area contributed by atoms with E-state index in [9.17, 15) is 4.79 Å². The lowest BCUT2D eigenvalue weighted by molar-refractivity contribution is 0.101. The Morgan fingerprint density at radius 3 is 2.94 bits per heavy atom. The van der Waals surface area contributed by atoms with E-state index in [4.69, 9.17) is 11.6 Å². The highest BCUT2D eigenvalue weighted by molar-refractivity contribution is 6.33. The smallest absolute Gasteiger partial charge is 0.275 e. The quantitative estimate of drug-likeness (QED) is 0.925. The second kappa shape index (κ2) is 5.18. The monoisotopic (exact) mass is 264 g/mol. The lowest BCUT2D eigenvalue weighted by Crippen LogP contribution is -2.17. The number of halogens is 1. The minimum atomic E-state index is -0.273. The van der Waals surface area contributed by atoms with E-state index in [1.54, 1.807) is 36.1 Å². The molecule has 0 aliphatic carbocycles. The predicted molar refractivity (Wildman–Crippen MR) is 69.8 cm³/mol. The summed E-state index contributed by atoms with van der Waals surface area (Å²) < 4.78 is 1.55. The molecule has 5 nitrogen and oxygen atoms in total. The van der Waals surface area contributed by atoms with Crippen molar-refractivity contribution >= 4 is 23.3 Å². The van der Waals surface area contributed by atoms with Crippen LogP contribution in [0.3, 0.4) is 0 Å². The van der Waals surface area contributed by atoms with Crippen molar-refractivity contribution in [2.24, 2.45) is 7.05 Å². The Morgan fingerprint density at radius 1 is 1.56 bits per heavy atom. The van der Waals surface area contributed by atoms with Crippen molar-refractivity contribution in [2.45, 2.75) is 13.3 Å². The van der Waals surface area contributed by atoms with Gasteiger partial charge in [0.25, 0.3) is 5.91 Å². The SMILES string of the molecule is CCc1cc(C(=O)Nc2ncccc2Cl)n(C)n1. The van der Waals surface area contributed by atoms with Crippen molar-refractivity contribution in [3.05, 3.63) is 40.8 Å². The number of pyridine rings is 1. The molecule has 18 heavy (non-hydrogen) atoms. The van der Waals surface area contributed by atoms with Gasteiger partial charge in [0.15, 0.2) is 5.82 Å². The van der Waals surface area contributed by atoms with E-state index in [0.717, 1.165) is 12.1 Å². The molecule has 0 saturated carbocycles. The van der Waals surface area contributed by atoms with E-state index >= 15 is 0 Å². The van der Waals surface area contributed by atoms with Crippen LogP contribution in [0.4, 0.5) is 5.82 Å². The number of hydrogen-bond acceptors (Lipinski definition) is 3. The average molecular weight is 265 g/mol. The van der Waals surface area contributed by atoms with E-state index < -0.39 is 0 Å². The molecule has 0 spiro atoms. The van der Waals surface area contributed by atoms with Gasteiger partial charge in [-0.3, -0.25) is 9.48 Å². The molecule has 0 aliphatic rings. The summed E-state index contributed by atoms with van der Waals surface area (Å²) in [6.45, 7) is 1.99. The summed E-state index contributed by atoms with van der Waals surface area (Å²) in [5, 5.41) is 7.28. The molecule has 1 amide bonds. The fraction of sp³-hybridized carbons (Fsp3) is 0.250. The number of anilines is 1. The molecule has 0 radical (unpaired) electrons. The van der Waals surface area contributed by atoms with Crippen molar-refractivity contribution in [3.8, 4) is 0 Å². The van der Waals surface area contributed by atoms with E-state index in [-0.39, 0.29) is 5.91 Å². The zero-order valence-corrected chi connectivity index (χ0v) is 10.9. The summed E-state index contributed by atoms with van der Waals surface area (Å²) in [7, 11) is 1.73. The minimum Gasteiger partial charge on any atom is -0.304 e. The Morgan fingerprint density at radius 2 is 2.33 bits per heavy atom. The second-order valence-electron chi connectivity index (χ2n) is 3.79. The molecule has 6 heteroatoms. The number of nitrogens with one attached hydrogen (secondary N) is 1. The van der Waals surface area contributed by atoms with Crippen molar-refractivity contribution in [1.82, 2.24) is 14.8 Å². The molecule has 2 heterocycles. The Balaban J connectivity index is 2.22. The first kappa shape index (κ1) is 12.6. The summed E-state index contributed by atoms with van der Waals surface area (Å²) in [6, 6.07) is 5.13. The molecule has 0 fully saturated rings. The predicted octanol–water partition coefficient (Wildman–Crippen LogP) is 2.28. The first-order valence-electron chi connectivity index (χ1n) is 5.56. The first-order chi connectivity index (χ1) is 8.61. The molecular formula is C12H13ClN4O. The number of aromatic nitrogens is 3. The Kier molecular flexibility index (Phi) is 3.62. The van der Waals surface area contributed by atoms with E-state index in [2.05, 4.69) is 15.4 Å². The number of carbonyl (C=O) groups is 1. The Labute approximate surface area is 110 Å². The van der Waals surface area contributed by atoms with Crippen LogP contribution in [0.15, 0.2) is 24.4 Å². The molecule has 1 N–H and O–H groups in total. The lowest BCUT2D eigenvalue weighted by Gasteiger charge is -2.05. The third-order valence-corrected chi connectivity index (χ3v) is 2.82. The van der Waals surface area contributed by atoms with Gasteiger partial charge < -0.3 is 5.32 Å². The van der Waals surface area contributed by atoms with Gasteiger partial charge >= 0.3 is 0 Å². The van der Waals surface area contributed by atoms with Gasteiger partial charge in [-0.1, -0.05) is 18.5 Å². The fourth-order valence-corrected chi connectivity index (χ4v) is 1.73. The number of rotatable bonds is 3. The molecule has 2 rings (SSSR count). The fourth-order valence-electron chi connectivity index (χ4n) is 1.56. The first-order valence-corrected chi connectivity index (χ1v) is 5.94. The van der Waals surface area contributed by atoms with Crippen molar-refractivity contribution in [3.63, 3.8) is 0 Å². The van der Waals surface area contributed by atoms with Gasteiger partial charge in [-0.25, -0.2) is 4.98 Å². The maximum Gasteiger partial charge on any atom is 0.275 e. The van der Waals surface area contributed by atoms with E-state index in [1.807, 2.05) is 6.92 Å². The summed E-state index contributed by atoms with van der Waals surface area (Å²) in [5.41, 5.74) is 1.35. The van der Waals surface area contributed by atoms with Crippen LogP contribution in [-0.4, -0.2) is 20.7 Å².